The first-order valence-electron chi connectivity index (χ1n) is 7.73. The highest BCUT2D eigenvalue weighted by Crippen LogP contribution is 2.31. The van der Waals surface area contributed by atoms with Gasteiger partial charge in [0.1, 0.15) is 6.33 Å². The smallest absolute Gasteiger partial charge is 0.225 e. The van der Waals surface area contributed by atoms with Gasteiger partial charge in [-0.05, 0) is 25.7 Å². The summed E-state index contributed by atoms with van der Waals surface area (Å²) in [4.78, 5) is 24.1. The zero-order valence-electron chi connectivity index (χ0n) is 12.4. The topological polar surface area (TPSA) is 49.3 Å². The van der Waals surface area contributed by atoms with Gasteiger partial charge in [-0.1, -0.05) is 6.92 Å². The second-order valence-electron chi connectivity index (χ2n) is 5.75. The van der Waals surface area contributed by atoms with Gasteiger partial charge < -0.3 is 9.80 Å². The lowest BCUT2D eigenvalue weighted by molar-refractivity contribution is -0.132. The number of aryl methyl sites for hydroxylation is 1. The summed E-state index contributed by atoms with van der Waals surface area (Å²) in [6, 6.07) is 0. The van der Waals surface area contributed by atoms with E-state index >= 15 is 0 Å². The zero-order valence-corrected chi connectivity index (χ0v) is 12.4. The lowest BCUT2D eigenvalue weighted by Crippen LogP contribution is -2.36. The number of amides is 1. The van der Waals surface area contributed by atoms with Gasteiger partial charge in [0.2, 0.25) is 5.91 Å². The van der Waals surface area contributed by atoms with Crippen LogP contribution in [0.25, 0.3) is 0 Å². The van der Waals surface area contributed by atoms with Crippen molar-refractivity contribution in [1.82, 2.24) is 14.9 Å². The molecule has 6 heteroatoms. The molecule has 21 heavy (non-hydrogen) atoms. The van der Waals surface area contributed by atoms with Gasteiger partial charge in [0.05, 0.1) is 5.69 Å². The Kier molecular flexibility index (Phi) is 4.03. The Bertz CT molecular complexity index is 532. The van der Waals surface area contributed by atoms with Crippen LogP contribution in [0.4, 0.5) is 10.2 Å². The van der Waals surface area contributed by atoms with Gasteiger partial charge in [-0.2, -0.15) is 0 Å². The van der Waals surface area contributed by atoms with Crippen LogP contribution in [0.15, 0.2) is 6.33 Å². The first-order chi connectivity index (χ1) is 10.2. The largest absolute Gasteiger partial charge is 0.352 e. The van der Waals surface area contributed by atoms with Crippen LogP contribution in [-0.2, 0) is 11.2 Å². The van der Waals surface area contributed by atoms with E-state index in [1.54, 1.807) is 0 Å². The van der Waals surface area contributed by atoms with E-state index in [2.05, 4.69) is 9.97 Å². The Morgan fingerprint density at radius 1 is 1.29 bits per heavy atom. The van der Waals surface area contributed by atoms with Crippen molar-refractivity contribution >= 4 is 11.7 Å². The predicted octanol–water partition coefficient (Wildman–Crippen LogP) is 1.63. The van der Waals surface area contributed by atoms with Crippen LogP contribution in [0.5, 0.6) is 0 Å². The molecule has 0 aromatic carbocycles. The summed E-state index contributed by atoms with van der Waals surface area (Å²) in [7, 11) is 0. The summed E-state index contributed by atoms with van der Waals surface area (Å²) in [5, 5.41) is 0. The molecule has 2 heterocycles. The molecule has 2 fully saturated rings. The molecule has 1 aromatic rings. The summed E-state index contributed by atoms with van der Waals surface area (Å²) in [5.74, 6) is 0.581. The molecule has 1 amide bonds. The van der Waals surface area contributed by atoms with Crippen molar-refractivity contribution in [2.75, 3.05) is 31.1 Å². The van der Waals surface area contributed by atoms with Crippen LogP contribution in [0.3, 0.4) is 0 Å². The predicted molar refractivity (Wildman–Crippen MR) is 77.5 cm³/mol. The molecule has 0 radical (unpaired) electrons. The van der Waals surface area contributed by atoms with Crippen molar-refractivity contribution in [2.45, 2.75) is 32.6 Å². The number of anilines is 1. The molecule has 1 saturated heterocycles. The number of halogens is 1. The van der Waals surface area contributed by atoms with Crippen molar-refractivity contribution in [3.8, 4) is 0 Å². The van der Waals surface area contributed by atoms with Crippen molar-refractivity contribution in [2.24, 2.45) is 5.92 Å². The molecule has 1 aromatic heterocycles. The number of hydrogen-bond donors (Lipinski definition) is 0. The fourth-order valence-electron chi connectivity index (χ4n) is 2.80. The third-order valence-electron chi connectivity index (χ3n) is 4.21. The van der Waals surface area contributed by atoms with Gasteiger partial charge >= 0.3 is 0 Å². The second kappa shape index (κ2) is 5.95. The minimum Gasteiger partial charge on any atom is -0.352 e. The molecule has 5 nitrogen and oxygen atoms in total. The van der Waals surface area contributed by atoms with Gasteiger partial charge in [-0.3, -0.25) is 4.79 Å². The third kappa shape index (κ3) is 2.99. The van der Waals surface area contributed by atoms with E-state index < -0.39 is 0 Å². The highest BCUT2D eigenvalue weighted by atomic mass is 19.1. The van der Waals surface area contributed by atoms with Crippen LogP contribution in [0.2, 0.25) is 0 Å². The Morgan fingerprint density at radius 3 is 2.81 bits per heavy atom. The zero-order chi connectivity index (χ0) is 14.8. The molecule has 114 valence electrons. The molecule has 1 saturated carbocycles. The first-order valence-corrected chi connectivity index (χ1v) is 7.73. The molecule has 0 bridgehead atoms. The SMILES string of the molecule is CCc1ncnc(N2CCCN(C(=O)C3CC3)CC2)c1F. The maximum Gasteiger partial charge on any atom is 0.225 e. The standard InChI is InChI=1S/C15H21FN4O/c1-2-12-13(16)14(18-10-17-12)19-6-3-7-20(9-8-19)15(21)11-4-5-11/h10-11H,2-9H2,1H3. The Morgan fingerprint density at radius 2 is 2.10 bits per heavy atom. The second-order valence-corrected chi connectivity index (χ2v) is 5.75. The third-order valence-corrected chi connectivity index (χ3v) is 4.21. The first kappa shape index (κ1) is 14.2. The molecule has 0 unspecified atom stereocenters. The van der Waals surface area contributed by atoms with Crippen molar-refractivity contribution in [3.63, 3.8) is 0 Å². The van der Waals surface area contributed by atoms with Gasteiger partial charge in [0.25, 0.3) is 0 Å². The lowest BCUT2D eigenvalue weighted by Gasteiger charge is -2.23. The van der Waals surface area contributed by atoms with Crippen LogP contribution in [-0.4, -0.2) is 47.0 Å². The Hall–Kier alpha value is -1.72. The van der Waals surface area contributed by atoms with E-state index in [0.29, 0.717) is 31.0 Å². The van der Waals surface area contributed by atoms with E-state index in [4.69, 9.17) is 0 Å². The lowest BCUT2D eigenvalue weighted by atomic mass is 10.3. The van der Waals surface area contributed by atoms with E-state index in [-0.39, 0.29) is 17.6 Å². The minimum absolute atomic E-state index is 0.249. The normalized spacial score (nSPS) is 19.5. The summed E-state index contributed by atoms with van der Waals surface area (Å²) in [6.07, 6.45) is 4.89. The summed E-state index contributed by atoms with van der Waals surface area (Å²) < 4.78 is 14.3. The van der Waals surface area contributed by atoms with Crippen LogP contribution in [0.1, 0.15) is 31.9 Å². The van der Waals surface area contributed by atoms with Crippen molar-refractivity contribution in [1.29, 1.82) is 0 Å². The fourth-order valence-corrected chi connectivity index (χ4v) is 2.80. The highest BCUT2D eigenvalue weighted by Gasteiger charge is 2.34. The minimum atomic E-state index is -0.318. The number of rotatable bonds is 3. The molecular formula is C15H21FN4O. The number of carbonyl (C=O) groups excluding carboxylic acids is 1. The van der Waals surface area contributed by atoms with E-state index in [0.717, 1.165) is 32.4 Å². The van der Waals surface area contributed by atoms with Gasteiger partial charge in [0.15, 0.2) is 11.6 Å². The molecule has 1 aliphatic carbocycles. The summed E-state index contributed by atoms with van der Waals surface area (Å²) >= 11 is 0. The van der Waals surface area contributed by atoms with Crippen LogP contribution < -0.4 is 4.90 Å². The average Bonchev–Trinajstić information content (AvgIpc) is 3.33. The van der Waals surface area contributed by atoms with E-state index in [9.17, 15) is 9.18 Å². The number of nitrogens with zero attached hydrogens (tertiary/aromatic N) is 4. The van der Waals surface area contributed by atoms with Crippen molar-refractivity contribution in [3.05, 3.63) is 17.8 Å². The van der Waals surface area contributed by atoms with Crippen LogP contribution in [0, 0.1) is 11.7 Å². The van der Waals surface area contributed by atoms with Crippen molar-refractivity contribution < 1.29 is 9.18 Å². The quantitative estimate of drug-likeness (QED) is 0.849. The number of hydrogen-bond acceptors (Lipinski definition) is 4. The van der Waals surface area contributed by atoms with Gasteiger partial charge in [0, 0.05) is 32.1 Å². The summed E-state index contributed by atoms with van der Waals surface area (Å²) in [6.45, 7) is 4.66. The van der Waals surface area contributed by atoms with E-state index in [1.165, 1.54) is 6.33 Å². The Labute approximate surface area is 124 Å². The molecular weight excluding hydrogens is 271 g/mol. The molecule has 0 N–H and O–H groups in total. The molecule has 0 spiro atoms. The monoisotopic (exact) mass is 292 g/mol. The van der Waals surface area contributed by atoms with Crippen LogP contribution >= 0.6 is 0 Å². The molecule has 1 aliphatic heterocycles. The van der Waals surface area contributed by atoms with E-state index in [1.807, 2.05) is 16.7 Å². The molecule has 0 atom stereocenters. The maximum absolute atomic E-state index is 14.3. The molecule has 2 aliphatic rings. The number of aromatic nitrogens is 2. The van der Waals surface area contributed by atoms with Gasteiger partial charge in [-0.15, -0.1) is 0 Å². The Balaban J connectivity index is 1.71. The highest BCUT2D eigenvalue weighted by molar-refractivity contribution is 5.81. The fraction of sp³-hybridized carbons (Fsp3) is 0.667. The molecule has 3 rings (SSSR count). The average molecular weight is 292 g/mol. The number of carbonyl (C=O) groups is 1. The maximum atomic E-state index is 14.3. The van der Waals surface area contributed by atoms with Gasteiger partial charge in [-0.25, -0.2) is 14.4 Å². The summed E-state index contributed by atoms with van der Waals surface area (Å²) in [5.41, 5.74) is 0.454.